The van der Waals surface area contributed by atoms with Crippen molar-refractivity contribution < 1.29 is 13.6 Å². The van der Waals surface area contributed by atoms with E-state index in [0.29, 0.717) is 0 Å². The topological polar surface area (TPSA) is 30.0 Å². The molecule has 2 nitrogen and oxygen atoms in total. The lowest BCUT2D eigenvalue weighted by molar-refractivity contribution is 0.111. The molecular formula is C6H2F2INO. The van der Waals surface area contributed by atoms with Crippen molar-refractivity contribution in [1.29, 1.82) is 0 Å². The third-order valence-electron chi connectivity index (χ3n) is 1.08. The van der Waals surface area contributed by atoms with Gasteiger partial charge in [0.1, 0.15) is 0 Å². The first-order valence-corrected chi connectivity index (χ1v) is 3.69. The van der Waals surface area contributed by atoms with Crippen LogP contribution < -0.4 is 0 Å². The molecule has 0 saturated carbocycles. The van der Waals surface area contributed by atoms with Crippen molar-refractivity contribution >= 4 is 28.9 Å². The van der Waals surface area contributed by atoms with Crippen LogP contribution in [0.3, 0.4) is 0 Å². The van der Waals surface area contributed by atoms with Gasteiger partial charge in [-0.05, 0) is 22.6 Å². The Bertz CT molecular complexity index is 303. The van der Waals surface area contributed by atoms with Crippen LogP contribution in [0.4, 0.5) is 8.78 Å². The van der Waals surface area contributed by atoms with E-state index in [2.05, 4.69) is 4.98 Å². The fourth-order valence-corrected chi connectivity index (χ4v) is 1.05. The van der Waals surface area contributed by atoms with Crippen molar-refractivity contribution in [2.45, 2.75) is 0 Å². The number of rotatable bonds is 1. The molecule has 0 aliphatic carbocycles. The molecule has 0 saturated heterocycles. The maximum Gasteiger partial charge on any atom is 0.224 e. The predicted molar refractivity (Wildman–Crippen MR) is 42.3 cm³/mol. The molecule has 1 aromatic rings. The Morgan fingerprint density at radius 3 is 2.64 bits per heavy atom. The highest BCUT2D eigenvalue weighted by Crippen LogP contribution is 2.15. The first-order chi connectivity index (χ1) is 5.16. The van der Waals surface area contributed by atoms with E-state index in [1.165, 1.54) is 0 Å². The molecule has 0 aromatic carbocycles. The molecule has 0 fully saturated rings. The van der Waals surface area contributed by atoms with Gasteiger partial charge in [-0.15, -0.1) is 0 Å². The highest BCUT2D eigenvalue weighted by atomic mass is 127. The molecular weight excluding hydrogens is 267 g/mol. The van der Waals surface area contributed by atoms with Crippen molar-refractivity contribution in [2.24, 2.45) is 0 Å². The van der Waals surface area contributed by atoms with Crippen molar-refractivity contribution in [1.82, 2.24) is 4.98 Å². The van der Waals surface area contributed by atoms with Gasteiger partial charge in [0.15, 0.2) is 12.1 Å². The van der Waals surface area contributed by atoms with Crippen LogP contribution in [0.5, 0.6) is 0 Å². The molecule has 0 radical (unpaired) electrons. The molecule has 0 N–H and O–H groups in total. The Balaban J connectivity index is 3.40. The van der Waals surface area contributed by atoms with Crippen LogP contribution in [0, 0.1) is 15.3 Å². The molecule has 0 bridgehead atoms. The van der Waals surface area contributed by atoms with E-state index in [9.17, 15) is 13.6 Å². The highest BCUT2D eigenvalue weighted by molar-refractivity contribution is 14.1. The van der Waals surface area contributed by atoms with Crippen LogP contribution in [-0.4, -0.2) is 11.3 Å². The van der Waals surface area contributed by atoms with E-state index in [1.807, 2.05) is 0 Å². The summed E-state index contributed by atoms with van der Waals surface area (Å²) >= 11 is 1.54. The normalized spacial score (nSPS) is 9.73. The molecule has 11 heavy (non-hydrogen) atoms. The fraction of sp³-hybridized carbons (Fsp3) is 0. The number of hydrogen-bond acceptors (Lipinski definition) is 2. The molecule has 0 aliphatic heterocycles. The molecule has 1 aromatic heterocycles. The lowest BCUT2D eigenvalue weighted by Gasteiger charge is -1.96. The summed E-state index contributed by atoms with van der Waals surface area (Å²) in [6, 6.07) is 0. The summed E-state index contributed by atoms with van der Waals surface area (Å²) in [4.78, 5) is 13.2. The number of hydrogen-bond donors (Lipinski definition) is 0. The maximum absolute atomic E-state index is 12.6. The van der Waals surface area contributed by atoms with Crippen LogP contribution in [-0.2, 0) is 0 Å². The molecule has 0 atom stereocenters. The van der Waals surface area contributed by atoms with E-state index in [-0.39, 0.29) is 15.4 Å². The Morgan fingerprint density at radius 1 is 1.55 bits per heavy atom. The highest BCUT2D eigenvalue weighted by Gasteiger charge is 2.10. The number of aldehydes is 1. The minimum atomic E-state index is -0.939. The fourth-order valence-electron chi connectivity index (χ4n) is 0.559. The number of halogens is 3. The zero-order valence-corrected chi connectivity index (χ0v) is 7.30. The second-order valence-corrected chi connectivity index (χ2v) is 2.82. The smallest absolute Gasteiger partial charge is 0.224 e. The van der Waals surface area contributed by atoms with Gasteiger partial charge in [0.2, 0.25) is 5.95 Å². The molecule has 0 unspecified atom stereocenters. The van der Waals surface area contributed by atoms with Crippen molar-refractivity contribution in [3.05, 3.63) is 27.1 Å². The molecule has 58 valence electrons. The minimum Gasteiger partial charge on any atom is -0.298 e. The van der Waals surface area contributed by atoms with Crippen molar-refractivity contribution in [3.63, 3.8) is 0 Å². The summed E-state index contributed by atoms with van der Waals surface area (Å²) < 4.78 is 25.0. The number of carbonyl (C=O) groups excluding carboxylic acids is 1. The standard InChI is InChI=1S/C6H2F2INO/c7-4-1-10-6(8)3(2-11)5(4)9/h1-2H. The van der Waals surface area contributed by atoms with Crippen LogP contribution in [0.15, 0.2) is 6.20 Å². The average molecular weight is 269 g/mol. The lowest BCUT2D eigenvalue weighted by Crippen LogP contribution is -1.98. The average Bonchev–Trinajstić information content (AvgIpc) is 1.99. The molecule has 0 aliphatic rings. The second kappa shape index (κ2) is 3.21. The zero-order valence-electron chi connectivity index (χ0n) is 5.14. The summed E-state index contributed by atoms with van der Waals surface area (Å²) in [6.07, 6.45) is 0.983. The third kappa shape index (κ3) is 1.52. The Morgan fingerprint density at radius 2 is 2.18 bits per heavy atom. The summed E-state index contributed by atoms with van der Waals surface area (Å²) in [5, 5.41) is 0. The van der Waals surface area contributed by atoms with E-state index in [4.69, 9.17) is 0 Å². The minimum absolute atomic E-state index is 0.0369. The SMILES string of the molecule is O=Cc1c(F)ncc(F)c1I. The van der Waals surface area contributed by atoms with Gasteiger partial charge in [-0.25, -0.2) is 9.37 Å². The molecule has 5 heteroatoms. The van der Waals surface area contributed by atoms with Crippen molar-refractivity contribution in [3.8, 4) is 0 Å². The molecule has 0 spiro atoms. The first kappa shape index (κ1) is 8.51. The van der Waals surface area contributed by atoms with Crippen LogP contribution in [0.25, 0.3) is 0 Å². The van der Waals surface area contributed by atoms with Crippen LogP contribution in [0.2, 0.25) is 0 Å². The van der Waals surface area contributed by atoms with Crippen LogP contribution in [0.1, 0.15) is 10.4 Å². The van der Waals surface area contributed by atoms with Crippen molar-refractivity contribution in [2.75, 3.05) is 0 Å². The van der Waals surface area contributed by atoms with Gasteiger partial charge in [-0.3, -0.25) is 4.79 Å². The Hall–Kier alpha value is -0.590. The van der Waals surface area contributed by atoms with E-state index < -0.39 is 11.8 Å². The quantitative estimate of drug-likeness (QED) is 0.442. The number of carbonyl (C=O) groups is 1. The zero-order chi connectivity index (χ0) is 8.43. The van der Waals surface area contributed by atoms with Gasteiger partial charge >= 0.3 is 0 Å². The van der Waals surface area contributed by atoms with E-state index in [0.717, 1.165) is 6.20 Å². The van der Waals surface area contributed by atoms with Crippen LogP contribution >= 0.6 is 22.6 Å². The first-order valence-electron chi connectivity index (χ1n) is 2.61. The number of aromatic nitrogens is 1. The maximum atomic E-state index is 12.6. The predicted octanol–water partition coefficient (Wildman–Crippen LogP) is 1.78. The molecule has 1 rings (SSSR count). The van der Waals surface area contributed by atoms with E-state index >= 15 is 0 Å². The van der Waals surface area contributed by atoms with Gasteiger partial charge in [-0.2, -0.15) is 4.39 Å². The van der Waals surface area contributed by atoms with Gasteiger partial charge in [0, 0.05) is 0 Å². The molecule has 0 amide bonds. The second-order valence-electron chi connectivity index (χ2n) is 1.74. The summed E-state index contributed by atoms with van der Waals surface area (Å²) in [5.41, 5.74) is -0.328. The monoisotopic (exact) mass is 269 g/mol. The number of nitrogens with zero attached hydrogens (tertiary/aromatic N) is 1. The molecule has 1 heterocycles. The summed E-state index contributed by atoms with van der Waals surface area (Å²) in [6.45, 7) is 0. The summed E-state index contributed by atoms with van der Waals surface area (Å²) in [7, 11) is 0. The number of pyridine rings is 1. The third-order valence-corrected chi connectivity index (χ3v) is 2.17. The van der Waals surface area contributed by atoms with Gasteiger partial charge in [0.25, 0.3) is 0 Å². The van der Waals surface area contributed by atoms with Gasteiger partial charge in [0.05, 0.1) is 15.3 Å². The Kier molecular flexibility index (Phi) is 2.48. The van der Waals surface area contributed by atoms with Gasteiger partial charge in [-0.1, -0.05) is 0 Å². The Labute approximate surface area is 74.8 Å². The van der Waals surface area contributed by atoms with E-state index in [1.54, 1.807) is 22.6 Å². The van der Waals surface area contributed by atoms with Gasteiger partial charge < -0.3 is 0 Å². The summed E-state index contributed by atoms with van der Waals surface area (Å²) in [5.74, 6) is -1.63. The largest absolute Gasteiger partial charge is 0.298 e. The lowest BCUT2D eigenvalue weighted by atomic mass is 10.3.